The molecule has 0 radical (unpaired) electrons. The largest absolute Gasteiger partial charge is 0.314 e. The molecule has 1 heterocycles. The van der Waals surface area contributed by atoms with Gasteiger partial charge in [0.05, 0.1) is 0 Å². The van der Waals surface area contributed by atoms with E-state index in [1.165, 1.54) is 50.1 Å². The van der Waals surface area contributed by atoms with Gasteiger partial charge < -0.3 is 5.32 Å². The normalized spacial score (nSPS) is 15.4. The zero-order chi connectivity index (χ0) is 12.6. The van der Waals surface area contributed by atoms with Crippen molar-refractivity contribution in [2.45, 2.75) is 51.6 Å². The second kappa shape index (κ2) is 7.93. The fraction of sp³-hybridized carbons (Fsp3) is 0.733. The molecular weight excluding hydrogens is 240 g/mol. The highest BCUT2D eigenvalue weighted by Gasteiger charge is 2.19. The first kappa shape index (κ1) is 14.0. The lowest BCUT2D eigenvalue weighted by Gasteiger charge is -2.19. The summed E-state index contributed by atoms with van der Waals surface area (Å²) in [5, 5.41) is 5.76. The van der Waals surface area contributed by atoms with Crippen molar-refractivity contribution >= 4 is 11.3 Å². The molecule has 0 unspecified atom stereocenters. The molecule has 1 aromatic heterocycles. The third kappa shape index (κ3) is 5.51. The predicted molar refractivity (Wildman–Crippen MR) is 80.1 cm³/mol. The van der Waals surface area contributed by atoms with Gasteiger partial charge in [0.15, 0.2) is 0 Å². The lowest BCUT2D eigenvalue weighted by Crippen LogP contribution is -2.24. The molecule has 1 aliphatic carbocycles. The molecule has 0 aromatic carbocycles. The van der Waals surface area contributed by atoms with Gasteiger partial charge in [0.2, 0.25) is 0 Å². The van der Waals surface area contributed by atoms with Gasteiger partial charge in [-0.1, -0.05) is 19.4 Å². The Bertz CT molecular complexity index is 306. The van der Waals surface area contributed by atoms with Gasteiger partial charge in [0.25, 0.3) is 0 Å². The van der Waals surface area contributed by atoms with E-state index >= 15 is 0 Å². The van der Waals surface area contributed by atoms with Crippen LogP contribution >= 0.6 is 11.3 Å². The van der Waals surface area contributed by atoms with Crippen molar-refractivity contribution in [3.8, 4) is 0 Å². The second-order valence-electron chi connectivity index (χ2n) is 5.24. The van der Waals surface area contributed by atoms with Crippen LogP contribution in [0.2, 0.25) is 0 Å². The van der Waals surface area contributed by atoms with Crippen molar-refractivity contribution in [1.29, 1.82) is 0 Å². The summed E-state index contributed by atoms with van der Waals surface area (Å²) in [7, 11) is 0. The summed E-state index contributed by atoms with van der Waals surface area (Å²) >= 11 is 1.87. The lowest BCUT2D eigenvalue weighted by molar-refractivity contribution is 0.275. The summed E-state index contributed by atoms with van der Waals surface area (Å²) in [4.78, 5) is 4.05. The molecule has 0 bridgehead atoms. The van der Waals surface area contributed by atoms with E-state index in [1.807, 2.05) is 11.3 Å². The quantitative estimate of drug-likeness (QED) is 0.652. The molecule has 1 aromatic rings. The van der Waals surface area contributed by atoms with E-state index in [2.05, 4.69) is 34.7 Å². The van der Waals surface area contributed by atoms with Crippen LogP contribution < -0.4 is 5.32 Å². The first-order valence-corrected chi connectivity index (χ1v) is 8.24. The molecule has 0 amide bonds. The van der Waals surface area contributed by atoms with Gasteiger partial charge in [-0.05, 0) is 56.8 Å². The van der Waals surface area contributed by atoms with E-state index in [1.54, 1.807) is 0 Å². The van der Waals surface area contributed by atoms with Crippen LogP contribution in [0, 0.1) is 0 Å². The number of nitrogens with zero attached hydrogens (tertiary/aromatic N) is 1. The van der Waals surface area contributed by atoms with Crippen LogP contribution in [0.1, 0.15) is 43.9 Å². The number of rotatable bonds is 10. The average molecular weight is 266 g/mol. The molecule has 1 aliphatic rings. The minimum Gasteiger partial charge on any atom is -0.314 e. The van der Waals surface area contributed by atoms with Crippen LogP contribution in [0.5, 0.6) is 0 Å². The molecule has 0 atom stereocenters. The van der Waals surface area contributed by atoms with Gasteiger partial charge in [-0.25, -0.2) is 0 Å². The summed E-state index contributed by atoms with van der Waals surface area (Å²) < 4.78 is 0. The summed E-state index contributed by atoms with van der Waals surface area (Å²) in [6.07, 6.45) is 6.86. The third-order valence-corrected chi connectivity index (χ3v) is 4.43. The monoisotopic (exact) mass is 266 g/mol. The Morgan fingerprint density at radius 2 is 2.22 bits per heavy atom. The van der Waals surface area contributed by atoms with Gasteiger partial charge in [-0.2, -0.15) is 0 Å². The fourth-order valence-electron chi connectivity index (χ4n) is 2.20. The smallest absolute Gasteiger partial charge is 0.0327 e. The Morgan fingerprint density at radius 3 is 2.89 bits per heavy atom. The Kier molecular flexibility index (Phi) is 6.18. The zero-order valence-corrected chi connectivity index (χ0v) is 12.3. The summed E-state index contributed by atoms with van der Waals surface area (Å²) in [6.45, 7) is 7.04. The molecule has 2 rings (SSSR count). The molecule has 1 N–H and O–H groups in total. The second-order valence-corrected chi connectivity index (χ2v) is 6.27. The predicted octanol–water partition coefficient (Wildman–Crippen LogP) is 3.49. The molecule has 102 valence electrons. The first-order valence-electron chi connectivity index (χ1n) is 7.36. The van der Waals surface area contributed by atoms with E-state index in [0.29, 0.717) is 0 Å². The van der Waals surface area contributed by atoms with Crippen molar-refractivity contribution in [1.82, 2.24) is 10.2 Å². The van der Waals surface area contributed by atoms with Gasteiger partial charge in [0.1, 0.15) is 0 Å². The molecule has 0 saturated heterocycles. The van der Waals surface area contributed by atoms with E-state index in [9.17, 15) is 0 Å². The number of unbranched alkanes of at least 4 members (excludes halogenated alkanes) is 2. The third-order valence-electron chi connectivity index (χ3n) is 3.57. The van der Waals surface area contributed by atoms with Crippen LogP contribution in [0.15, 0.2) is 17.5 Å². The molecule has 18 heavy (non-hydrogen) atoms. The van der Waals surface area contributed by atoms with E-state index < -0.39 is 0 Å². The summed E-state index contributed by atoms with van der Waals surface area (Å²) in [5.41, 5.74) is 0. The Balaban J connectivity index is 1.50. The number of nitrogens with one attached hydrogen (secondary N) is 1. The minimum atomic E-state index is 0.871. The molecule has 3 heteroatoms. The van der Waals surface area contributed by atoms with Crippen molar-refractivity contribution in [2.75, 3.05) is 19.6 Å². The van der Waals surface area contributed by atoms with Crippen molar-refractivity contribution < 1.29 is 0 Å². The summed E-state index contributed by atoms with van der Waals surface area (Å²) in [6, 6.07) is 5.26. The van der Waals surface area contributed by atoms with Crippen LogP contribution in [-0.4, -0.2) is 30.6 Å². The highest BCUT2D eigenvalue weighted by molar-refractivity contribution is 7.09. The van der Waals surface area contributed by atoms with Crippen molar-refractivity contribution in [2.24, 2.45) is 0 Å². The standard InChI is InChI=1S/C15H26N2S/c1-2-17(13-15-7-6-12-18-15)11-5-3-4-10-16-14-8-9-14/h6-7,12,14,16H,2-5,8-11,13H2,1H3. The fourth-order valence-corrected chi connectivity index (χ4v) is 2.95. The van der Waals surface area contributed by atoms with Crippen molar-refractivity contribution in [3.05, 3.63) is 22.4 Å². The van der Waals surface area contributed by atoms with Crippen LogP contribution in [0.3, 0.4) is 0 Å². The maximum absolute atomic E-state index is 3.58. The topological polar surface area (TPSA) is 15.3 Å². The highest BCUT2D eigenvalue weighted by atomic mass is 32.1. The average Bonchev–Trinajstić information content (AvgIpc) is 3.07. The molecule has 1 fully saturated rings. The van der Waals surface area contributed by atoms with Gasteiger partial charge in [0, 0.05) is 17.5 Å². The van der Waals surface area contributed by atoms with Gasteiger partial charge in [-0.15, -0.1) is 11.3 Å². The number of hydrogen-bond acceptors (Lipinski definition) is 3. The Labute approximate surface area is 115 Å². The van der Waals surface area contributed by atoms with E-state index in [0.717, 1.165) is 19.1 Å². The van der Waals surface area contributed by atoms with Crippen LogP contribution in [0.4, 0.5) is 0 Å². The van der Waals surface area contributed by atoms with Gasteiger partial charge in [-0.3, -0.25) is 4.90 Å². The SMILES string of the molecule is CCN(CCCCCNC1CC1)Cc1cccs1. The first-order chi connectivity index (χ1) is 8.88. The molecule has 0 aliphatic heterocycles. The zero-order valence-electron chi connectivity index (χ0n) is 11.5. The Morgan fingerprint density at radius 1 is 1.33 bits per heavy atom. The Hall–Kier alpha value is -0.380. The minimum absolute atomic E-state index is 0.871. The molecule has 1 saturated carbocycles. The van der Waals surface area contributed by atoms with Crippen molar-refractivity contribution in [3.63, 3.8) is 0 Å². The number of thiophene rings is 1. The van der Waals surface area contributed by atoms with E-state index in [-0.39, 0.29) is 0 Å². The number of hydrogen-bond donors (Lipinski definition) is 1. The molecule has 0 spiro atoms. The van der Waals surface area contributed by atoms with Crippen LogP contribution in [-0.2, 0) is 6.54 Å². The molecule has 2 nitrogen and oxygen atoms in total. The lowest BCUT2D eigenvalue weighted by atomic mass is 10.2. The van der Waals surface area contributed by atoms with Gasteiger partial charge >= 0.3 is 0 Å². The van der Waals surface area contributed by atoms with Crippen LogP contribution in [0.25, 0.3) is 0 Å². The maximum Gasteiger partial charge on any atom is 0.0327 e. The molecular formula is C15H26N2S. The summed E-state index contributed by atoms with van der Waals surface area (Å²) in [5.74, 6) is 0. The maximum atomic E-state index is 3.58. The van der Waals surface area contributed by atoms with E-state index in [4.69, 9.17) is 0 Å². The highest BCUT2D eigenvalue weighted by Crippen LogP contribution is 2.18.